The van der Waals surface area contributed by atoms with Gasteiger partial charge in [-0.25, -0.2) is 0 Å². The minimum absolute atomic E-state index is 0.309. The topological polar surface area (TPSA) is 40.9 Å². The molecule has 0 bridgehead atoms. The maximum Gasteiger partial charge on any atom is 0.110 e. The van der Waals surface area contributed by atoms with Gasteiger partial charge in [-0.3, -0.25) is 15.0 Å². The number of aromatic nitrogens is 1. The van der Waals surface area contributed by atoms with E-state index in [4.69, 9.17) is 4.99 Å². The molecule has 4 nitrogen and oxygen atoms in total. The lowest BCUT2D eigenvalue weighted by Crippen LogP contribution is -2.27. The van der Waals surface area contributed by atoms with Gasteiger partial charge in [-0.15, -0.1) is 5.73 Å². The first-order chi connectivity index (χ1) is 12.8. The van der Waals surface area contributed by atoms with Crippen LogP contribution in [0.25, 0.3) is 5.57 Å². The third kappa shape index (κ3) is 3.41. The van der Waals surface area contributed by atoms with E-state index in [0.29, 0.717) is 12.6 Å². The Balaban J connectivity index is 1.55. The molecule has 0 saturated carbocycles. The molecule has 128 valence electrons. The van der Waals surface area contributed by atoms with E-state index >= 15 is 0 Å². The van der Waals surface area contributed by atoms with Gasteiger partial charge in [0.25, 0.3) is 0 Å². The number of hydrogen-bond acceptors (Lipinski definition) is 4. The van der Waals surface area contributed by atoms with Crippen molar-refractivity contribution in [2.75, 3.05) is 13.7 Å². The first-order valence-corrected chi connectivity index (χ1v) is 8.72. The fourth-order valence-electron chi connectivity index (χ4n) is 3.23. The van der Waals surface area contributed by atoms with Crippen LogP contribution in [0.4, 0.5) is 0 Å². The Bertz CT molecular complexity index is 936. The van der Waals surface area contributed by atoms with E-state index in [2.05, 4.69) is 52.0 Å². The van der Waals surface area contributed by atoms with Crippen LogP contribution in [0.5, 0.6) is 0 Å². The molecule has 0 spiro atoms. The molecule has 0 fully saturated rings. The smallest absolute Gasteiger partial charge is 0.110 e. The van der Waals surface area contributed by atoms with Gasteiger partial charge >= 0.3 is 0 Å². The highest BCUT2D eigenvalue weighted by molar-refractivity contribution is 6.00. The number of likely N-dealkylation sites (N-methyl/N-ethyl adjacent to an activating group) is 1. The molecule has 4 heteroatoms. The minimum Gasteiger partial charge on any atom is -0.355 e. The average Bonchev–Trinajstić information content (AvgIpc) is 2.99. The highest BCUT2D eigenvalue weighted by Gasteiger charge is 2.20. The summed E-state index contributed by atoms with van der Waals surface area (Å²) < 4.78 is 0. The number of allylic oxidation sites excluding steroid dienone is 7. The summed E-state index contributed by atoms with van der Waals surface area (Å²) in [6, 6.07) is 4.09. The molecule has 0 amide bonds. The molecule has 0 N–H and O–H groups in total. The molecule has 3 heterocycles. The molecular formula is C22H20N4. The molecule has 1 atom stereocenters. The molecule has 0 unspecified atom stereocenters. The zero-order valence-corrected chi connectivity index (χ0v) is 14.7. The average molecular weight is 340 g/mol. The quantitative estimate of drug-likeness (QED) is 0.782. The number of aliphatic imine (C=N–C) groups is 2. The SMILES string of the molecule is CN1CN=C([C@H]2C=CC(c3ccncc3)=CC2)C=C1C1=CC=NC=C=C1. The van der Waals surface area contributed by atoms with E-state index in [1.165, 1.54) is 11.1 Å². The molecule has 1 aromatic heterocycles. The van der Waals surface area contributed by atoms with Gasteiger partial charge in [0.2, 0.25) is 0 Å². The van der Waals surface area contributed by atoms with E-state index in [1.807, 2.05) is 36.7 Å². The van der Waals surface area contributed by atoms with E-state index in [9.17, 15) is 0 Å². The Morgan fingerprint density at radius 2 is 2.08 bits per heavy atom. The van der Waals surface area contributed by atoms with Gasteiger partial charge in [0.15, 0.2) is 0 Å². The van der Waals surface area contributed by atoms with Crippen LogP contribution >= 0.6 is 0 Å². The van der Waals surface area contributed by atoms with Crippen molar-refractivity contribution in [1.82, 2.24) is 9.88 Å². The zero-order valence-electron chi connectivity index (χ0n) is 14.7. The minimum atomic E-state index is 0.309. The number of rotatable bonds is 3. The van der Waals surface area contributed by atoms with Gasteiger partial charge in [0.05, 0.1) is 6.20 Å². The number of hydrogen-bond donors (Lipinski definition) is 0. The van der Waals surface area contributed by atoms with Crippen molar-refractivity contribution in [3.8, 4) is 0 Å². The first-order valence-electron chi connectivity index (χ1n) is 8.72. The van der Waals surface area contributed by atoms with Crippen LogP contribution in [0.2, 0.25) is 0 Å². The molecule has 1 aromatic rings. The van der Waals surface area contributed by atoms with Gasteiger partial charge < -0.3 is 4.90 Å². The van der Waals surface area contributed by atoms with Gasteiger partial charge in [0.1, 0.15) is 6.67 Å². The summed E-state index contributed by atoms with van der Waals surface area (Å²) in [5, 5.41) is 0. The van der Waals surface area contributed by atoms with E-state index in [-0.39, 0.29) is 0 Å². The van der Waals surface area contributed by atoms with Crippen molar-refractivity contribution in [3.63, 3.8) is 0 Å². The summed E-state index contributed by atoms with van der Waals surface area (Å²) in [7, 11) is 2.06. The Labute approximate surface area is 153 Å². The lowest BCUT2D eigenvalue weighted by Gasteiger charge is -2.28. The third-order valence-electron chi connectivity index (χ3n) is 4.68. The van der Waals surface area contributed by atoms with Crippen molar-refractivity contribution in [2.24, 2.45) is 15.9 Å². The van der Waals surface area contributed by atoms with Gasteiger partial charge in [-0.05, 0) is 47.9 Å². The molecule has 2 aliphatic heterocycles. The highest BCUT2D eigenvalue weighted by atomic mass is 15.2. The van der Waals surface area contributed by atoms with Gasteiger partial charge in [0, 0.05) is 48.6 Å². The lowest BCUT2D eigenvalue weighted by molar-refractivity contribution is 0.435. The second-order valence-electron chi connectivity index (χ2n) is 6.41. The molecule has 0 radical (unpaired) electrons. The monoisotopic (exact) mass is 340 g/mol. The van der Waals surface area contributed by atoms with E-state index in [0.717, 1.165) is 23.4 Å². The van der Waals surface area contributed by atoms with E-state index in [1.54, 1.807) is 12.4 Å². The summed E-state index contributed by atoms with van der Waals surface area (Å²) >= 11 is 0. The number of pyridine rings is 1. The predicted octanol–water partition coefficient (Wildman–Crippen LogP) is 3.95. The van der Waals surface area contributed by atoms with Crippen molar-refractivity contribution >= 4 is 17.5 Å². The maximum atomic E-state index is 4.77. The summed E-state index contributed by atoms with van der Waals surface area (Å²) in [6.07, 6.45) is 21.0. The highest BCUT2D eigenvalue weighted by Crippen LogP contribution is 2.28. The van der Waals surface area contributed by atoms with Crippen LogP contribution in [-0.4, -0.2) is 35.5 Å². The predicted molar refractivity (Wildman–Crippen MR) is 107 cm³/mol. The van der Waals surface area contributed by atoms with Crippen LogP contribution in [0.15, 0.2) is 94.2 Å². The zero-order chi connectivity index (χ0) is 17.8. The Morgan fingerprint density at radius 1 is 1.19 bits per heavy atom. The molecule has 1 aliphatic carbocycles. The Morgan fingerprint density at radius 3 is 2.88 bits per heavy atom. The third-order valence-corrected chi connectivity index (χ3v) is 4.68. The van der Waals surface area contributed by atoms with Crippen LogP contribution in [0, 0.1) is 5.92 Å². The Hall–Kier alpha value is -3.23. The molecule has 4 rings (SSSR count). The fourth-order valence-corrected chi connectivity index (χ4v) is 3.23. The molecule has 3 aliphatic rings. The lowest BCUT2D eigenvalue weighted by atomic mass is 9.89. The molecule has 26 heavy (non-hydrogen) atoms. The summed E-state index contributed by atoms with van der Waals surface area (Å²) in [5.41, 5.74) is 8.91. The summed E-state index contributed by atoms with van der Waals surface area (Å²) in [6.45, 7) is 0.665. The van der Waals surface area contributed by atoms with Crippen molar-refractivity contribution in [1.29, 1.82) is 0 Å². The van der Waals surface area contributed by atoms with Crippen molar-refractivity contribution in [2.45, 2.75) is 6.42 Å². The van der Waals surface area contributed by atoms with Crippen LogP contribution in [0.3, 0.4) is 0 Å². The first kappa shape index (κ1) is 16.2. The molecule has 0 saturated heterocycles. The normalized spacial score (nSPS) is 21.7. The van der Waals surface area contributed by atoms with Crippen molar-refractivity contribution < 1.29 is 0 Å². The second kappa shape index (κ2) is 7.34. The van der Waals surface area contributed by atoms with Crippen LogP contribution in [-0.2, 0) is 0 Å². The fraction of sp³-hybridized carbons (Fsp3) is 0.182. The standard InChI is InChI=1S/C22H20N4/c1-26-16-25-21(15-22(26)20-3-2-11-23-14-10-20)19-6-4-17(5-7-19)18-8-12-24-13-9-18/h3-6,8-15,19H,7,16H2,1H3/t19-/m0/s1. The summed E-state index contributed by atoms with van der Waals surface area (Å²) in [5.74, 6) is 0.309. The van der Waals surface area contributed by atoms with Crippen LogP contribution < -0.4 is 0 Å². The van der Waals surface area contributed by atoms with Crippen LogP contribution in [0.1, 0.15) is 12.0 Å². The number of nitrogens with zero attached hydrogens (tertiary/aromatic N) is 4. The Kier molecular flexibility index (Phi) is 4.59. The molecular weight excluding hydrogens is 320 g/mol. The van der Waals surface area contributed by atoms with E-state index < -0.39 is 0 Å². The molecule has 0 aromatic carbocycles. The largest absolute Gasteiger partial charge is 0.355 e. The van der Waals surface area contributed by atoms with Gasteiger partial charge in [-0.2, -0.15) is 0 Å². The maximum absolute atomic E-state index is 4.77. The van der Waals surface area contributed by atoms with Gasteiger partial charge in [-0.1, -0.05) is 18.2 Å². The second-order valence-corrected chi connectivity index (χ2v) is 6.41. The summed E-state index contributed by atoms with van der Waals surface area (Å²) in [4.78, 5) is 15.1. The van der Waals surface area contributed by atoms with Crippen molar-refractivity contribution in [3.05, 3.63) is 89.7 Å².